The van der Waals surface area contributed by atoms with Gasteiger partial charge in [0.25, 0.3) is 11.8 Å². The molecule has 4 rings (SSSR count). The first-order valence-corrected chi connectivity index (χ1v) is 13.3. The number of pyridine rings is 1. The first-order valence-electron chi connectivity index (χ1n) is 11.4. The molecule has 0 saturated heterocycles. The van der Waals surface area contributed by atoms with E-state index in [2.05, 4.69) is 20.5 Å². The molecule has 3 aromatic rings. The Balaban J connectivity index is 1.76. The molecule has 1 amide bonds. The van der Waals surface area contributed by atoms with Gasteiger partial charge in [-0.2, -0.15) is 35.7 Å². The van der Waals surface area contributed by atoms with E-state index < -0.39 is 73.5 Å². The quantitative estimate of drug-likeness (QED) is 0.256. The lowest BCUT2D eigenvalue weighted by atomic mass is 9.95. The number of aromatic nitrogens is 3. The average molecular weight is 592 g/mol. The Morgan fingerprint density at radius 3 is 2.27 bits per heavy atom. The van der Waals surface area contributed by atoms with Crippen LogP contribution in [0, 0.1) is 24.6 Å². The molecule has 2 N–H and O–H groups in total. The molecule has 1 saturated carbocycles. The molecule has 1 aliphatic rings. The van der Waals surface area contributed by atoms with Crippen molar-refractivity contribution in [3.8, 4) is 11.8 Å². The van der Waals surface area contributed by atoms with Crippen LogP contribution in [-0.2, 0) is 21.3 Å². The Labute approximate surface area is 223 Å². The highest BCUT2D eigenvalue weighted by Crippen LogP contribution is 2.59. The number of rotatable bonds is 6. The van der Waals surface area contributed by atoms with Gasteiger partial charge in [0.1, 0.15) is 5.56 Å². The molecule has 1 aliphatic carbocycles. The van der Waals surface area contributed by atoms with Crippen molar-refractivity contribution in [2.75, 3.05) is 11.6 Å². The Bertz CT molecular complexity index is 1620. The number of amides is 1. The summed E-state index contributed by atoms with van der Waals surface area (Å²) in [6, 6.07) is 6.13. The molecule has 214 valence electrons. The number of nitrogens with one attached hydrogen (secondary N) is 2. The van der Waals surface area contributed by atoms with Crippen molar-refractivity contribution in [2.45, 2.75) is 49.4 Å². The predicted molar refractivity (Wildman–Crippen MR) is 127 cm³/mol. The summed E-state index contributed by atoms with van der Waals surface area (Å²) in [5, 5.41) is 8.74. The van der Waals surface area contributed by atoms with Gasteiger partial charge in [-0.1, -0.05) is 6.07 Å². The van der Waals surface area contributed by atoms with Gasteiger partial charge in [-0.15, -0.1) is 10.2 Å². The number of carbonyl (C=O) groups excluding carboxylic acids is 1. The Morgan fingerprint density at radius 1 is 1.07 bits per heavy atom. The minimum Gasteiger partial charge on any atom is -0.418 e. The standard InChI is InChI=1S/C24H20F7N5O3S/c1-11-9-15(22(7-8-22)24(29,30)31)18(25)34-20(11)39-21-16(12(2)17(35-36-21)23(26,27)28)19(37)33-13-5-4-6-14(10-13)40(3,32)38/h4-6,9-10,32H,7-8H2,1-3H3,(H,33,37). The van der Waals surface area contributed by atoms with Gasteiger partial charge >= 0.3 is 12.4 Å². The van der Waals surface area contributed by atoms with Crippen molar-refractivity contribution in [1.82, 2.24) is 15.2 Å². The lowest BCUT2D eigenvalue weighted by molar-refractivity contribution is -0.161. The number of ether oxygens (including phenoxy) is 1. The second kappa shape index (κ2) is 9.67. The summed E-state index contributed by atoms with van der Waals surface area (Å²) in [5.74, 6) is -4.13. The van der Waals surface area contributed by atoms with Gasteiger partial charge in [0.05, 0.1) is 15.1 Å². The Morgan fingerprint density at radius 2 is 1.73 bits per heavy atom. The minimum absolute atomic E-state index is 0.0216. The van der Waals surface area contributed by atoms with E-state index in [1.807, 2.05) is 0 Å². The highest BCUT2D eigenvalue weighted by Gasteiger charge is 2.65. The Hall–Kier alpha value is -3.82. The van der Waals surface area contributed by atoms with E-state index >= 15 is 0 Å². The maximum Gasteiger partial charge on any atom is 0.435 e. The van der Waals surface area contributed by atoms with Crippen molar-refractivity contribution in [3.05, 3.63) is 64.2 Å². The monoisotopic (exact) mass is 591 g/mol. The molecule has 0 aliphatic heterocycles. The van der Waals surface area contributed by atoms with E-state index in [1.165, 1.54) is 31.2 Å². The zero-order valence-corrected chi connectivity index (χ0v) is 21.7. The third-order valence-electron chi connectivity index (χ3n) is 6.34. The highest BCUT2D eigenvalue weighted by atomic mass is 32.2. The first kappa shape index (κ1) is 29.2. The fraction of sp³-hybridized carbons (Fsp3) is 0.333. The summed E-state index contributed by atoms with van der Waals surface area (Å²) in [6.45, 7) is 2.17. The highest BCUT2D eigenvalue weighted by molar-refractivity contribution is 7.91. The van der Waals surface area contributed by atoms with Crippen molar-refractivity contribution in [3.63, 3.8) is 0 Å². The second-order valence-corrected chi connectivity index (χ2v) is 11.5. The number of alkyl halides is 6. The number of carbonyl (C=O) groups is 1. The number of halogens is 7. The SMILES string of the molecule is Cc1cc(C2(C(F)(F)F)CC2)c(F)nc1Oc1nnc(C(F)(F)F)c(C)c1C(=O)Nc1cccc(S(C)(=N)=O)c1. The van der Waals surface area contributed by atoms with Crippen LogP contribution in [0.5, 0.6) is 11.8 Å². The molecule has 0 bridgehead atoms. The Kier molecular flexibility index (Phi) is 7.05. The van der Waals surface area contributed by atoms with Crippen molar-refractivity contribution in [1.29, 1.82) is 4.78 Å². The fourth-order valence-corrected chi connectivity index (χ4v) is 4.74. The zero-order chi connectivity index (χ0) is 29.8. The third kappa shape index (κ3) is 5.44. The molecule has 1 aromatic carbocycles. The van der Waals surface area contributed by atoms with Gasteiger partial charge < -0.3 is 10.1 Å². The summed E-state index contributed by atoms with van der Waals surface area (Å²) in [5.41, 5.74) is -6.21. The lowest BCUT2D eigenvalue weighted by Crippen LogP contribution is -2.30. The van der Waals surface area contributed by atoms with Gasteiger partial charge in [0, 0.05) is 28.0 Å². The van der Waals surface area contributed by atoms with Crippen molar-refractivity contribution < 1.29 is 44.5 Å². The lowest BCUT2D eigenvalue weighted by Gasteiger charge is -2.21. The van der Waals surface area contributed by atoms with Crippen LogP contribution in [0.15, 0.2) is 35.2 Å². The molecule has 16 heteroatoms. The second-order valence-electron chi connectivity index (χ2n) is 9.31. The minimum atomic E-state index is -5.03. The summed E-state index contributed by atoms with van der Waals surface area (Å²) in [4.78, 5) is 16.7. The van der Waals surface area contributed by atoms with Crippen molar-refractivity contribution in [2.24, 2.45) is 0 Å². The third-order valence-corrected chi connectivity index (χ3v) is 7.50. The molecular formula is C24H20F7N5O3S. The van der Waals surface area contributed by atoms with E-state index in [0.29, 0.717) is 0 Å². The van der Waals surface area contributed by atoms with Gasteiger partial charge in [-0.05, 0) is 56.5 Å². The van der Waals surface area contributed by atoms with Gasteiger partial charge in [0.2, 0.25) is 11.8 Å². The molecule has 1 unspecified atom stereocenters. The molecular weight excluding hydrogens is 571 g/mol. The maximum absolute atomic E-state index is 14.8. The molecule has 2 heterocycles. The van der Waals surface area contributed by atoms with Gasteiger partial charge in [-0.25, -0.2) is 8.99 Å². The molecule has 0 radical (unpaired) electrons. The number of nitrogens with zero attached hydrogens (tertiary/aromatic N) is 3. The molecule has 1 fully saturated rings. The number of aryl methyl sites for hydroxylation is 1. The predicted octanol–water partition coefficient (Wildman–Crippen LogP) is 6.32. The van der Waals surface area contributed by atoms with E-state index in [-0.39, 0.29) is 29.0 Å². The summed E-state index contributed by atoms with van der Waals surface area (Å²) in [7, 11) is -3.20. The molecule has 40 heavy (non-hydrogen) atoms. The van der Waals surface area contributed by atoms with Crippen LogP contribution in [0.4, 0.5) is 36.4 Å². The topological polar surface area (TPSA) is 118 Å². The van der Waals surface area contributed by atoms with Crippen molar-refractivity contribution >= 4 is 21.3 Å². The van der Waals surface area contributed by atoms with Gasteiger partial charge in [-0.3, -0.25) is 4.79 Å². The van der Waals surface area contributed by atoms with Crippen LogP contribution in [0.3, 0.4) is 0 Å². The van der Waals surface area contributed by atoms with Gasteiger partial charge in [0.15, 0.2) is 5.69 Å². The van der Waals surface area contributed by atoms with E-state index in [4.69, 9.17) is 9.52 Å². The maximum atomic E-state index is 14.8. The average Bonchev–Trinajstić information content (AvgIpc) is 3.62. The molecule has 8 nitrogen and oxygen atoms in total. The summed E-state index contributed by atoms with van der Waals surface area (Å²) in [6.07, 6.45) is -9.30. The van der Waals surface area contributed by atoms with Crippen LogP contribution in [0.25, 0.3) is 0 Å². The smallest absolute Gasteiger partial charge is 0.418 e. The number of benzene rings is 1. The van der Waals surface area contributed by atoms with Crippen LogP contribution in [-0.4, -0.2) is 37.7 Å². The fourth-order valence-electron chi connectivity index (χ4n) is 4.05. The van der Waals surface area contributed by atoms with Crippen LogP contribution in [0.2, 0.25) is 0 Å². The summed E-state index contributed by atoms with van der Waals surface area (Å²) < 4.78 is 121. The normalized spacial score (nSPS) is 16.2. The van der Waals surface area contributed by atoms with Crippen LogP contribution >= 0.6 is 0 Å². The largest absolute Gasteiger partial charge is 0.435 e. The van der Waals surface area contributed by atoms with Crippen LogP contribution in [0.1, 0.15) is 45.6 Å². The number of hydrogen-bond acceptors (Lipinski definition) is 7. The first-order chi connectivity index (χ1) is 18.3. The van der Waals surface area contributed by atoms with E-state index in [1.54, 1.807) is 0 Å². The number of anilines is 1. The molecule has 1 atom stereocenters. The van der Waals surface area contributed by atoms with E-state index in [9.17, 15) is 39.7 Å². The zero-order valence-electron chi connectivity index (χ0n) is 20.9. The molecule has 0 spiro atoms. The van der Waals surface area contributed by atoms with E-state index in [0.717, 1.165) is 19.2 Å². The van der Waals surface area contributed by atoms with Crippen LogP contribution < -0.4 is 10.1 Å². The number of hydrogen-bond donors (Lipinski definition) is 2. The molecule has 2 aromatic heterocycles. The summed E-state index contributed by atoms with van der Waals surface area (Å²) >= 11 is 0.